The van der Waals surface area contributed by atoms with Gasteiger partial charge in [-0.3, -0.25) is 9.20 Å². The van der Waals surface area contributed by atoms with Crippen molar-refractivity contribution < 1.29 is 14.3 Å². The van der Waals surface area contributed by atoms with E-state index in [1.807, 2.05) is 11.1 Å². The number of fused-ring (bicyclic) bond motifs is 1. The van der Waals surface area contributed by atoms with Gasteiger partial charge >= 0.3 is 6.09 Å². The number of amides is 2. The maximum Gasteiger partial charge on any atom is 0.410 e. The summed E-state index contributed by atoms with van der Waals surface area (Å²) in [4.78, 5) is 37.2. The van der Waals surface area contributed by atoms with Crippen LogP contribution < -0.4 is 0 Å². The van der Waals surface area contributed by atoms with Crippen LogP contribution in [0.25, 0.3) is 5.78 Å². The molecule has 0 aliphatic carbocycles. The molecule has 2 fully saturated rings. The standard InChI is InChI=1S/C19H25N5O3/c1-3-5-14(2)24-13-19(27-18(24)26)6-10-22(11-7-19)16(25)15-12-23-9-4-8-20-17(23)21-15/h4,8-9,12,14H,3,5-7,10-11,13H2,1-2H3/t14-/m0/s1. The molecular weight excluding hydrogens is 346 g/mol. The van der Waals surface area contributed by atoms with Gasteiger partial charge in [0.25, 0.3) is 5.91 Å². The molecule has 4 rings (SSSR count). The highest BCUT2D eigenvalue weighted by Crippen LogP contribution is 2.35. The highest BCUT2D eigenvalue weighted by molar-refractivity contribution is 5.92. The van der Waals surface area contributed by atoms with E-state index in [0.29, 0.717) is 43.9 Å². The summed E-state index contributed by atoms with van der Waals surface area (Å²) in [5.74, 6) is 0.412. The van der Waals surface area contributed by atoms with Crippen molar-refractivity contribution in [3.63, 3.8) is 0 Å². The molecule has 8 nitrogen and oxygen atoms in total. The van der Waals surface area contributed by atoms with E-state index in [-0.39, 0.29) is 18.0 Å². The SMILES string of the molecule is CCC[C@H](C)N1CC2(CCN(C(=O)c3cn4cccnc4n3)CC2)OC1=O. The first-order chi connectivity index (χ1) is 13.0. The third kappa shape index (κ3) is 3.24. The van der Waals surface area contributed by atoms with E-state index in [1.165, 1.54) is 0 Å². The van der Waals surface area contributed by atoms with Crippen LogP contribution in [0.1, 0.15) is 50.0 Å². The van der Waals surface area contributed by atoms with Gasteiger partial charge in [0.15, 0.2) is 0 Å². The minimum atomic E-state index is -0.462. The van der Waals surface area contributed by atoms with Gasteiger partial charge in [0.2, 0.25) is 5.78 Å². The number of hydrogen-bond donors (Lipinski definition) is 0. The van der Waals surface area contributed by atoms with Crippen LogP contribution in [0, 0.1) is 0 Å². The number of rotatable bonds is 4. The lowest BCUT2D eigenvalue weighted by Crippen LogP contribution is -2.49. The van der Waals surface area contributed by atoms with Gasteiger partial charge in [-0.2, -0.15) is 0 Å². The van der Waals surface area contributed by atoms with Crippen LogP contribution in [-0.2, 0) is 4.74 Å². The third-order valence-electron chi connectivity index (χ3n) is 5.65. The van der Waals surface area contributed by atoms with Crippen LogP contribution in [0.5, 0.6) is 0 Å². The Balaban J connectivity index is 1.41. The van der Waals surface area contributed by atoms with Crippen LogP contribution in [0.2, 0.25) is 0 Å². The Hall–Kier alpha value is -2.64. The molecule has 27 heavy (non-hydrogen) atoms. The maximum absolute atomic E-state index is 12.8. The smallest absolute Gasteiger partial charge is 0.410 e. The highest BCUT2D eigenvalue weighted by atomic mass is 16.6. The molecule has 2 aliphatic rings. The Morgan fingerprint density at radius 3 is 2.85 bits per heavy atom. The Labute approximate surface area is 158 Å². The van der Waals surface area contributed by atoms with Gasteiger partial charge in [-0.15, -0.1) is 0 Å². The van der Waals surface area contributed by atoms with Crippen molar-refractivity contribution >= 4 is 17.8 Å². The molecule has 0 radical (unpaired) electrons. The topological polar surface area (TPSA) is 80.0 Å². The van der Waals surface area contributed by atoms with E-state index in [1.54, 1.807) is 27.8 Å². The minimum Gasteiger partial charge on any atom is -0.441 e. The first-order valence-electron chi connectivity index (χ1n) is 9.60. The summed E-state index contributed by atoms with van der Waals surface area (Å²) in [5, 5.41) is 0. The highest BCUT2D eigenvalue weighted by Gasteiger charge is 2.48. The molecule has 4 heterocycles. The fourth-order valence-corrected chi connectivity index (χ4v) is 4.03. The molecule has 2 aromatic rings. The molecule has 2 saturated heterocycles. The molecule has 0 N–H and O–H groups in total. The Kier molecular flexibility index (Phi) is 4.49. The molecule has 8 heteroatoms. The van der Waals surface area contributed by atoms with Crippen LogP contribution in [-0.4, -0.2) is 67.4 Å². The second kappa shape index (κ2) is 6.83. The van der Waals surface area contributed by atoms with Gasteiger partial charge in [0.05, 0.1) is 6.54 Å². The van der Waals surface area contributed by atoms with Crippen molar-refractivity contribution in [2.45, 2.75) is 51.2 Å². The van der Waals surface area contributed by atoms with Crippen LogP contribution in [0.15, 0.2) is 24.7 Å². The summed E-state index contributed by atoms with van der Waals surface area (Å²) >= 11 is 0. The monoisotopic (exact) mass is 371 g/mol. The summed E-state index contributed by atoms with van der Waals surface area (Å²) in [6.45, 7) is 5.92. The van der Waals surface area contributed by atoms with E-state index in [9.17, 15) is 9.59 Å². The molecular formula is C19H25N5O3. The lowest BCUT2D eigenvalue weighted by atomic mass is 9.91. The van der Waals surface area contributed by atoms with Gasteiger partial charge < -0.3 is 14.5 Å². The number of hydrogen-bond acceptors (Lipinski definition) is 5. The molecule has 0 unspecified atom stereocenters. The molecule has 2 aromatic heterocycles. The summed E-state index contributed by atoms with van der Waals surface area (Å²) in [6.07, 6.45) is 8.28. The molecule has 144 valence electrons. The average Bonchev–Trinajstić information content (AvgIpc) is 3.23. The van der Waals surface area contributed by atoms with Gasteiger partial charge in [-0.05, 0) is 19.4 Å². The van der Waals surface area contributed by atoms with E-state index < -0.39 is 5.60 Å². The fourth-order valence-electron chi connectivity index (χ4n) is 4.03. The fraction of sp³-hybridized carbons (Fsp3) is 0.579. The average molecular weight is 371 g/mol. The molecule has 1 spiro atoms. The first kappa shape index (κ1) is 17.8. The molecule has 2 amide bonds. The lowest BCUT2D eigenvalue weighted by molar-refractivity contribution is 0.00291. The molecule has 2 aliphatic heterocycles. The molecule has 0 aromatic carbocycles. The van der Waals surface area contributed by atoms with Crippen LogP contribution >= 0.6 is 0 Å². The zero-order valence-corrected chi connectivity index (χ0v) is 15.8. The summed E-state index contributed by atoms with van der Waals surface area (Å²) < 4.78 is 7.51. The van der Waals surface area contributed by atoms with Crippen molar-refractivity contribution in [1.82, 2.24) is 24.2 Å². The van der Waals surface area contributed by atoms with Crippen molar-refractivity contribution in [2.75, 3.05) is 19.6 Å². The summed E-state index contributed by atoms with van der Waals surface area (Å²) in [7, 11) is 0. The number of imidazole rings is 1. The normalized spacial score (nSPS) is 20.3. The van der Waals surface area contributed by atoms with E-state index >= 15 is 0 Å². The van der Waals surface area contributed by atoms with Gasteiger partial charge in [0, 0.05) is 50.6 Å². The number of likely N-dealkylation sites (tertiary alicyclic amines) is 1. The quantitative estimate of drug-likeness (QED) is 0.824. The largest absolute Gasteiger partial charge is 0.441 e. The number of carbonyl (C=O) groups is 2. The van der Waals surface area contributed by atoms with E-state index in [0.717, 1.165) is 12.8 Å². The minimum absolute atomic E-state index is 0.101. The molecule has 1 atom stereocenters. The predicted octanol–water partition coefficient (Wildman–Crippen LogP) is 2.34. The second-order valence-electron chi connectivity index (χ2n) is 7.56. The van der Waals surface area contributed by atoms with Gasteiger partial charge in [-0.25, -0.2) is 14.8 Å². The first-order valence-corrected chi connectivity index (χ1v) is 9.60. The summed E-state index contributed by atoms with van der Waals surface area (Å²) in [5.41, 5.74) is -0.0673. The zero-order valence-electron chi connectivity index (χ0n) is 15.8. The van der Waals surface area contributed by atoms with Crippen molar-refractivity contribution in [3.8, 4) is 0 Å². The number of carbonyl (C=O) groups excluding carboxylic acids is 2. The third-order valence-corrected chi connectivity index (χ3v) is 5.65. The summed E-state index contributed by atoms with van der Waals surface area (Å²) in [6, 6.07) is 1.99. The van der Waals surface area contributed by atoms with E-state index in [2.05, 4.69) is 23.8 Å². The second-order valence-corrected chi connectivity index (χ2v) is 7.56. The van der Waals surface area contributed by atoms with Crippen molar-refractivity contribution in [2.24, 2.45) is 0 Å². The van der Waals surface area contributed by atoms with Gasteiger partial charge in [0.1, 0.15) is 11.3 Å². The number of ether oxygens (including phenoxy) is 1. The molecule has 0 saturated carbocycles. The lowest BCUT2D eigenvalue weighted by Gasteiger charge is -2.37. The Morgan fingerprint density at radius 1 is 1.37 bits per heavy atom. The van der Waals surface area contributed by atoms with Crippen molar-refractivity contribution in [3.05, 3.63) is 30.4 Å². The van der Waals surface area contributed by atoms with Crippen LogP contribution in [0.4, 0.5) is 4.79 Å². The van der Waals surface area contributed by atoms with Crippen LogP contribution in [0.3, 0.4) is 0 Å². The van der Waals surface area contributed by atoms with E-state index in [4.69, 9.17) is 4.74 Å². The number of nitrogens with zero attached hydrogens (tertiary/aromatic N) is 5. The maximum atomic E-state index is 12.8. The predicted molar refractivity (Wildman–Crippen MR) is 98.4 cm³/mol. The number of aromatic nitrogens is 3. The zero-order chi connectivity index (χ0) is 19.0. The van der Waals surface area contributed by atoms with Crippen molar-refractivity contribution in [1.29, 1.82) is 0 Å². The Morgan fingerprint density at radius 2 is 2.15 bits per heavy atom. The Bertz CT molecular complexity index is 823. The molecule has 0 bridgehead atoms. The van der Waals surface area contributed by atoms with Gasteiger partial charge in [-0.1, -0.05) is 13.3 Å². The number of piperidine rings is 1.